The van der Waals surface area contributed by atoms with Gasteiger partial charge < -0.3 is 15.6 Å². The highest BCUT2D eigenvalue weighted by Crippen LogP contribution is 2.19. The second kappa shape index (κ2) is 14.6. The van der Waals surface area contributed by atoms with E-state index >= 15 is 0 Å². The summed E-state index contributed by atoms with van der Waals surface area (Å²) in [5.41, 5.74) is 3.79. The molecule has 0 radical (unpaired) electrons. The monoisotopic (exact) mass is 578 g/mol. The Labute approximate surface area is 226 Å². The van der Waals surface area contributed by atoms with Gasteiger partial charge in [0.25, 0.3) is 5.56 Å². The molecule has 3 aromatic rings. The van der Waals surface area contributed by atoms with E-state index in [0.29, 0.717) is 30.9 Å². The first-order valence-corrected chi connectivity index (χ1v) is 12.6. The van der Waals surface area contributed by atoms with Gasteiger partial charge in [-0.15, -0.1) is 0 Å². The highest BCUT2D eigenvalue weighted by molar-refractivity contribution is 5.60. The smallest absolute Gasteiger partial charge is 0.383 e. The number of nitrogens with one attached hydrogen (secondary N) is 1. The molecule has 15 heteroatoms. The molecule has 0 aliphatic heterocycles. The van der Waals surface area contributed by atoms with E-state index in [1.807, 2.05) is 12.2 Å². The summed E-state index contributed by atoms with van der Waals surface area (Å²) in [4.78, 5) is 28.5. The summed E-state index contributed by atoms with van der Waals surface area (Å²) in [6.45, 7) is 4.40. The highest BCUT2D eigenvalue weighted by atomic mass is 19.4. The number of hydrogen-bond acceptors (Lipinski definition) is 7. The predicted molar refractivity (Wildman–Crippen MR) is 137 cm³/mol. The van der Waals surface area contributed by atoms with E-state index in [1.165, 1.54) is 4.57 Å². The Kier molecular flexibility index (Phi) is 11.8. The molecule has 0 amide bonds. The summed E-state index contributed by atoms with van der Waals surface area (Å²) < 4.78 is 83.2. The second-order valence-electron chi connectivity index (χ2n) is 8.94. The number of halogens is 6. The molecule has 1 aromatic carbocycles. The molecule has 40 heavy (non-hydrogen) atoms. The SMILES string of the molecule is CCCCCCn1c(N)c(NCC(F)(F)F)c(=O)n(CCC)c1=O.Cc1nc(Cc2c(F)cc(F)cc2F)no1. The van der Waals surface area contributed by atoms with Crippen molar-refractivity contribution in [1.82, 2.24) is 19.3 Å². The molecule has 2 heterocycles. The van der Waals surface area contributed by atoms with Crippen LogP contribution in [-0.2, 0) is 19.5 Å². The minimum absolute atomic E-state index is 0.133. The van der Waals surface area contributed by atoms with Crippen molar-refractivity contribution in [2.24, 2.45) is 0 Å². The van der Waals surface area contributed by atoms with Gasteiger partial charge in [0.05, 0.1) is 0 Å². The molecular weight excluding hydrogens is 546 g/mol. The maximum absolute atomic E-state index is 13.2. The van der Waals surface area contributed by atoms with E-state index in [4.69, 9.17) is 5.73 Å². The van der Waals surface area contributed by atoms with Crippen molar-refractivity contribution in [3.63, 3.8) is 0 Å². The topological polar surface area (TPSA) is 121 Å². The number of rotatable bonds is 11. The number of aryl methyl sites for hydroxylation is 1. The zero-order valence-corrected chi connectivity index (χ0v) is 22.4. The summed E-state index contributed by atoms with van der Waals surface area (Å²) in [6.07, 6.45) is -0.610. The van der Waals surface area contributed by atoms with Crippen molar-refractivity contribution in [2.75, 3.05) is 17.6 Å². The number of nitrogens with zero attached hydrogens (tertiary/aromatic N) is 4. The van der Waals surface area contributed by atoms with Gasteiger partial charge in [0.15, 0.2) is 5.82 Å². The van der Waals surface area contributed by atoms with Gasteiger partial charge in [0.2, 0.25) is 5.89 Å². The van der Waals surface area contributed by atoms with E-state index in [0.717, 1.165) is 23.8 Å². The van der Waals surface area contributed by atoms with Gasteiger partial charge in [-0.2, -0.15) is 18.2 Å². The summed E-state index contributed by atoms with van der Waals surface area (Å²) in [7, 11) is 0. The number of alkyl halides is 3. The Bertz CT molecular complexity index is 1360. The van der Waals surface area contributed by atoms with Crippen LogP contribution in [0.3, 0.4) is 0 Å². The van der Waals surface area contributed by atoms with Crippen LogP contribution in [-0.4, -0.2) is 32.0 Å². The summed E-state index contributed by atoms with van der Waals surface area (Å²) in [5.74, 6) is -2.65. The zero-order valence-electron chi connectivity index (χ0n) is 22.4. The molecule has 0 aliphatic rings. The van der Waals surface area contributed by atoms with Gasteiger partial charge in [-0.25, -0.2) is 18.0 Å². The van der Waals surface area contributed by atoms with Crippen LogP contribution in [0.25, 0.3) is 0 Å². The van der Waals surface area contributed by atoms with Crippen LogP contribution in [0, 0.1) is 24.4 Å². The van der Waals surface area contributed by atoms with Gasteiger partial charge >= 0.3 is 11.9 Å². The standard InChI is InChI=1S/C15H25F3N4O2.C10H7F3N2O/c1-3-5-6-7-9-21-12(19)11(20-10-15(16,17)18)13(23)22(8-4-2)14(21)24;1-5-14-10(15-16-5)4-7-8(12)2-6(11)3-9(7)13/h20H,3-10,19H2,1-2H3;2-3H,4H2,1H3. The molecule has 0 saturated heterocycles. The van der Waals surface area contributed by atoms with Crippen molar-refractivity contribution in [1.29, 1.82) is 0 Å². The lowest BCUT2D eigenvalue weighted by Gasteiger charge is -2.18. The van der Waals surface area contributed by atoms with Crippen LogP contribution >= 0.6 is 0 Å². The molecule has 2 aromatic heterocycles. The van der Waals surface area contributed by atoms with Crippen molar-refractivity contribution in [3.8, 4) is 0 Å². The Morgan fingerprint density at radius 2 is 1.62 bits per heavy atom. The molecule has 3 N–H and O–H groups in total. The molecule has 0 spiro atoms. The van der Waals surface area contributed by atoms with Crippen LogP contribution in [0.15, 0.2) is 26.2 Å². The summed E-state index contributed by atoms with van der Waals surface area (Å²) in [5, 5.41) is 5.55. The molecule has 3 rings (SSSR count). The van der Waals surface area contributed by atoms with Gasteiger partial charge in [0, 0.05) is 44.1 Å². The van der Waals surface area contributed by atoms with E-state index in [1.54, 1.807) is 13.8 Å². The van der Waals surface area contributed by atoms with Crippen LogP contribution in [0.2, 0.25) is 0 Å². The average molecular weight is 579 g/mol. The fraction of sp³-hybridized carbons (Fsp3) is 0.520. The van der Waals surface area contributed by atoms with E-state index in [-0.39, 0.29) is 42.4 Å². The fourth-order valence-electron chi connectivity index (χ4n) is 3.72. The van der Waals surface area contributed by atoms with Gasteiger partial charge in [-0.3, -0.25) is 13.9 Å². The summed E-state index contributed by atoms with van der Waals surface area (Å²) in [6, 6.07) is 1.23. The van der Waals surface area contributed by atoms with Crippen molar-refractivity contribution < 1.29 is 30.9 Å². The molecule has 0 aliphatic carbocycles. The first kappa shape index (κ1) is 32.4. The first-order valence-electron chi connectivity index (χ1n) is 12.6. The van der Waals surface area contributed by atoms with Gasteiger partial charge in [-0.05, 0) is 12.8 Å². The van der Waals surface area contributed by atoms with Crippen LogP contribution in [0.5, 0.6) is 0 Å². The molecule has 0 atom stereocenters. The average Bonchev–Trinajstić information content (AvgIpc) is 3.28. The second-order valence-corrected chi connectivity index (χ2v) is 8.94. The lowest BCUT2D eigenvalue weighted by molar-refractivity contribution is -0.115. The molecule has 0 bridgehead atoms. The Balaban J connectivity index is 0.000000302. The van der Waals surface area contributed by atoms with Crippen molar-refractivity contribution >= 4 is 11.5 Å². The van der Waals surface area contributed by atoms with Gasteiger partial charge in [0.1, 0.15) is 35.5 Å². The number of unbranched alkanes of at least 4 members (excludes halogenated alkanes) is 3. The minimum atomic E-state index is -4.49. The van der Waals surface area contributed by atoms with E-state index in [2.05, 4.69) is 14.7 Å². The van der Waals surface area contributed by atoms with Gasteiger partial charge in [-0.1, -0.05) is 38.3 Å². The third-order valence-electron chi connectivity index (χ3n) is 5.63. The fourth-order valence-corrected chi connectivity index (χ4v) is 3.72. The molecule has 0 unspecified atom stereocenters. The lowest BCUT2D eigenvalue weighted by Crippen LogP contribution is -2.43. The number of aromatic nitrogens is 4. The molecule has 9 nitrogen and oxygen atoms in total. The maximum Gasteiger partial charge on any atom is 0.405 e. The number of nitrogens with two attached hydrogens (primary N) is 1. The van der Waals surface area contributed by atoms with E-state index < -0.39 is 41.4 Å². The number of hydrogen-bond donors (Lipinski definition) is 2. The molecule has 0 saturated carbocycles. The zero-order chi connectivity index (χ0) is 30.0. The normalized spacial score (nSPS) is 11.3. The Hall–Kier alpha value is -3.78. The van der Waals surface area contributed by atoms with Crippen LogP contribution < -0.4 is 22.3 Å². The third-order valence-corrected chi connectivity index (χ3v) is 5.63. The Morgan fingerprint density at radius 1 is 0.975 bits per heavy atom. The number of benzene rings is 1. The molecular formula is C25H32F6N6O3. The number of anilines is 2. The molecule has 222 valence electrons. The largest absolute Gasteiger partial charge is 0.405 e. The number of nitrogen functional groups attached to an aromatic ring is 1. The highest BCUT2D eigenvalue weighted by Gasteiger charge is 2.28. The predicted octanol–water partition coefficient (Wildman–Crippen LogP) is 4.94. The molecule has 0 fully saturated rings. The maximum atomic E-state index is 13.2. The third kappa shape index (κ3) is 9.16. The summed E-state index contributed by atoms with van der Waals surface area (Å²) >= 11 is 0. The lowest BCUT2D eigenvalue weighted by atomic mass is 10.1. The van der Waals surface area contributed by atoms with Crippen LogP contribution in [0.1, 0.15) is 63.2 Å². The van der Waals surface area contributed by atoms with Crippen molar-refractivity contribution in [3.05, 3.63) is 67.7 Å². The first-order chi connectivity index (χ1) is 18.8. The minimum Gasteiger partial charge on any atom is -0.383 e. The van der Waals surface area contributed by atoms with E-state index in [9.17, 15) is 35.9 Å². The van der Waals surface area contributed by atoms with Crippen LogP contribution in [0.4, 0.5) is 37.8 Å². The Morgan fingerprint density at radius 3 is 2.15 bits per heavy atom. The van der Waals surface area contributed by atoms with Crippen molar-refractivity contribution in [2.45, 2.75) is 78.6 Å². The quantitative estimate of drug-likeness (QED) is 0.244.